The fourth-order valence-electron chi connectivity index (χ4n) is 1.91. The fourth-order valence-corrected chi connectivity index (χ4v) is 1.91. The second-order valence-electron chi connectivity index (χ2n) is 4.41. The van der Waals surface area contributed by atoms with Gasteiger partial charge in [0.15, 0.2) is 12.4 Å². The van der Waals surface area contributed by atoms with Crippen LogP contribution in [0.2, 0.25) is 0 Å². The molecule has 0 saturated heterocycles. The summed E-state index contributed by atoms with van der Waals surface area (Å²) < 4.78 is 11.0. The van der Waals surface area contributed by atoms with E-state index in [0.29, 0.717) is 28.6 Å². The first-order valence-corrected chi connectivity index (χ1v) is 6.09. The van der Waals surface area contributed by atoms with Crippen LogP contribution in [0.4, 0.5) is 11.4 Å². The van der Waals surface area contributed by atoms with Gasteiger partial charge in [-0.05, 0) is 19.1 Å². The quantitative estimate of drug-likeness (QED) is 0.817. The van der Waals surface area contributed by atoms with Crippen LogP contribution >= 0.6 is 0 Å². The van der Waals surface area contributed by atoms with Crippen LogP contribution in [-0.4, -0.2) is 17.5 Å². The Bertz CT molecular complexity index is 685. The Balaban J connectivity index is 1.96. The number of pyridine rings is 1. The zero-order valence-corrected chi connectivity index (χ0v) is 10.8. The number of nitrogens with zero attached hydrogens (tertiary/aromatic N) is 1. The Morgan fingerprint density at radius 1 is 1.40 bits per heavy atom. The molecular weight excluding hydrogens is 258 g/mol. The van der Waals surface area contributed by atoms with Gasteiger partial charge < -0.3 is 20.5 Å². The van der Waals surface area contributed by atoms with Crippen LogP contribution in [0.15, 0.2) is 30.5 Å². The van der Waals surface area contributed by atoms with Gasteiger partial charge in [0.2, 0.25) is 0 Å². The first-order valence-electron chi connectivity index (χ1n) is 6.09. The summed E-state index contributed by atoms with van der Waals surface area (Å²) >= 11 is 0. The summed E-state index contributed by atoms with van der Waals surface area (Å²) in [6.45, 7) is 1.84. The number of nitrogens with one attached hydrogen (secondary N) is 1. The third kappa shape index (κ3) is 2.23. The molecule has 1 aliphatic heterocycles. The van der Waals surface area contributed by atoms with Crippen molar-refractivity contribution in [3.8, 4) is 17.2 Å². The zero-order valence-electron chi connectivity index (χ0n) is 10.8. The van der Waals surface area contributed by atoms with E-state index in [-0.39, 0.29) is 12.5 Å². The normalized spacial score (nSPS) is 13.2. The monoisotopic (exact) mass is 271 g/mol. The van der Waals surface area contributed by atoms with Crippen molar-refractivity contribution < 1.29 is 14.3 Å². The van der Waals surface area contributed by atoms with Crippen LogP contribution in [0.3, 0.4) is 0 Å². The molecule has 6 nitrogen and oxygen atoms in total. The first kappa shape index (κ1) is 12.3. The number of amides is 1. The molecule has 102 valence electrons. The fraction of sp³-hybridized carbons (Fsp3) is 0.143. The van der Waals surface area contributed by atoms with Crippen LogP contribution in [-0.2, 0) is 4.79 Å². The SMILES string of the molecule is Cc1ncccc1Oc1cc2c(cc1N)OCC(=O)N2. The van der Waals surface area contributed by atoms with Gasteiger partial charge in [0.25, 0.3) is 5.91 Å². The molecular formula is C14H13N3O3. The summed E-state index contributed by atoms with van der Waals surface area (Å²) in [5.74, 6) is 1.40. The van der Waals surface area contributed by atoms with Crippen molar-refractivity contribution in [2.24, 2.45) is 0 Å². The van der Waals surface area contributed by atoms with Crippen molar-refractivity contribution in [2.75, 3.05) is 17.7 Å². The number of aryl methyl sites for hydroxylation is 1. The molecule has 0 radical (unpaired) electrons. The maximum absolute atomic E-state index is 11.3. The Labute approximate surface area is 115 Å². The number of ether oxygens (including phenoxy) is 2. The predicted octanol–water partition coefficient (Wildman–Crippen LogP) is 2.10. The number of benzene rings is 1. The number of fused-ring (bicyclic) bond motifs is 1. The number of nitrogens with two attached hydrogens (primary N) is 1. The zero-order chi connectivity index (χ0) is 14.1. The molecule has 20 heavy (non-hydrogen) atoms. The molecule has 3 rings (SSSR count). The average molecular weight is 271 g/mol. The van der Waals surface area contributed by atoms with Gasteiger partial charge in [0.05, 0.1) is 17.1 Å². The lowest BCUT2D eigenvalue weighted by Gasteiger charge is -2.20. The van der Waals surface area contributed by atoms with Crippen LogP contribution in [0.5, 0.6) is 17.2 Å². The average Bonchev–Trinajstić information content (AvgIpc) is 2.42. The third-order valence-corrected chi connectivity index (χ3v) is 2.92. The Hall–Kier alpha value is -2.76. The molecule has 0 aliphatic carbocycles. The highest BCUT2D eigenvalue weighted by Gasteiger charge is 2.19. The van der Waals surface area contributed by atoms with E-state index in [4.69, 9.17) is 15.2 Å². The lowest BCUT2D eigenvalue weighted by atomic mass is 10.2. The lowest BCUT2D eigenvalue weighted by Crippen LogP contribution is -2.25. The molecule has 1 aromatic heterocycles. The molecule has 0 atom stereocenters. The van der Waals surface area contributed by atoms with Crippen molar-refractivity contribution in [3.05, 3.63) is 36.2 Å². The van der Waals surface area contributed by atoms with Crippen molar-refractivity contribution in [1.29, 1.82) is 0 Å². The van der Waals surface area contributed by atoms with Crippen LogP contribution < -0.4 is 20.5 Å². The molecule has 0 saturated carbocycles. The number of nitrogen functional groups attached to an aromatic ring is 1. The summed E-state index contributed by atoms with van der Waals surface area (Å²) in [6.07, 6.45) is 1.69. The highest BCUT2D eigenvalue weighted by Crippen LogP contribution is 2.38. The molecule has 1 aliphatic rings. The van der Waals surface area contributed by atoms with E-state index in [1.54, 1.807) is 30.5 Å². The largest absolute Gasteiger partial charge is 0.481 e. The summed E-state index contributed by atoms with van der Waals surface area (Å²) in [6, 6.07) is 6.86. The van der Waals surface area contributed by atoms with Crippen molar-refractivity contribution >= 4 is 17.3 Å². The molecule has 1 amide bonds. The molecule has 6 heteroatoms. The molecule has 0 fully saturated rings. The molecule has 3 N–H and O–H groups in total. The smallest absolute Gasteiger partial charge is 0.262 e. The van der Waals surface area contributed by atoms with E-state index < -0.39 is 0 Å². The number of carbonyl (C=O) groups excluding carboxylic acids is 1. The maximum atomic E-state index is 11.3. The standard InChI is InChI=1S/C14H13N3O3/c1-8-11(3-2-4-16-8)20-12-6-10-13(5-9(12)15)19-7-14(18)17-10/h2-6H,7,15H2,1H3,(H,17,18). The summed E-state index contributed by atoms with van der Waals surface area (Å²) in [7, 11) is 0. The molecule has 0 spiro atoms. The Kier molecular flexibility index (Phi) is 2.90. The Morgan fingerprint density at radius 3 is 3.05 bits per heavy atom. The highest BCUT2D eigenvalue weighted by atomic mass is 16.5. The number of anilines is 2. The molecule has 1 aromatic carbocycles. The maximum Gasteiger partial charge on any atom is 0.262 e. The van der Waals surface area contributed by atoms with E-state index in [2.05, 4.69) is 10.3 Å². The molecule has 0 unspecified atom stereocenters. The minimum absolute atomic E-state index is 0.00560. The lowest BCUT2D eigenvalue weighted by molar-refractivity contribution is -0.118. The van der Waals surface area contributed by atoms with Crippen LogP contribution in [0.25, 0.3) is 0 Å². The van der Waals surface area contributed by atoms with Gasteiger partial charge >= 0.3 is 0 Å². The van der Waals surface area contributed by atoms with Gasteiger partial charge in [-0.2, -0.15) is 0 Å². The van der Waals surface area contributed by atoms with Gasteiger partial charge in [-0.1, -0.05) is 0 Å². The highest BCUT2D eigenvalue weighted by molar-refractivity contribution is 5.96. The Morgan fingerprint density at radius 2 is 2.25 bits per heavy atom. The number of hydrogen-bond donors (Lipinski definition) is 2. The van der Waals surface area contributed by atoms with E-state index >= 15 is 0 Å². The van der Waals surface area contributed by atoms with Crippen LogP contribution in [0, 0.1) is 6.92 Å². The third-order valence-electron chi connectivity index (χ3n) is 2.92. The van der Waals surface area contributed by atoms with Crippen molar-refractivity contribution in [2.45, 2.75) is 6.92 Å². The van der Waals surface area contributed by atoms with Crippen molar-refractivity contribution in [3.63, 3.8) is 0 Å². The number of aromatic nitrogens is 1. The number of rotatable bonds is 2. The molecule has 2 heterocycles. The van der Waals surface area contributed by atoms with E-state index in [9.17, 15) is 4.79 Å². The summed E-state index contributed by atoms with van der Waals surface area (Å²) in [5.41, 5.74) is 7.68. The minimum Gasteiger partial charge on any atom is -0.481 e. The molecule has 0 bridgehead atoms. The number of carbonyl (C=O) groups is 1. The van der Waals surface area contributed by atoms with Gasteiger partial charge in [-0.25, -0.2) is 0 Å². The second kappa shape index (κ2) is 4.73. The summed E-state index contributed by atoms with van der Waals surface area (Å²) in [5, 5.41) is 2.71. The first-order chi connectivity index (χ1) is 9.63. The van der Waals surface area contributed by atoms with Crippen LogP contribution in [0.1, 0.15) is 5.69 Å². The van der Waals surface area contributed by atoms with Gasteiger partial charge in [-0.3, -0.25) is 9.78 Å². The van der Waals surface area contributed by atoms with Gasteiger partial charge in [-0.15, -0.1) is 0 Å². The van der Waals surface area contributed by atoms with Gasteiger partial charge in [0, 0.05) is 18.3 Å². The van der Waals surface area contributed by atoms with E-state index in [1.807, 2.05) is 6.92 Å². The second-order valence-corrected chi connectivity index (χ2v) is 4.41. The topological polar surface area (TPSA) is 86.5 Å². The minimum atomic E-state index is -0.203. The van der Waals surface area contributed by atoms with Gasteiger partial charge in [0.1, 0.15) is 11.5 Å². The molecule has 2 aromatic rings. The van der Waals surface area contributed by atoms with Crippen molar-refractivity contribution in [1.82, 2.24) is 4.98 Å². The van der Waals surface area contributed by atoms with E-state index in [0.717, 1.165) is 5.69 Å². The summed E-state index contributed by atoms with van der Waals surface area (Å²) in [4.78, 5) is 15.5. The predicted molar refractivity (Wildman–Crippen MR) is 74.0 cm³/mol. The van der Waals surface area contributed by atoms with E-state index in [1.165, 1.54) is 0 Å². The number of hydrogen-bond acceptors (Lipinski definition) is 5.